The first-order chi connectivity index (χ1) is 14.7. The third kappa shape index (κ3) is 4.12. The lowest BCUT2D eigenvalue weighted by atomic mass is 10.0. The van der Waals surface area contributed by atoms with Crippen LogP contribution in [0.25, 0.3) is 5.69 Å². The SMILES string of the molecule is COc1ccc(Cc2nn(-c3ccccc3)[n+]([O-])c2Cc2ccc(OC)cc2)cc1. The molecule has 0 spiro atoms. The molecule has 1 heterocycles. The number of hydrogen-bond acceptors (Lipinski definition) is 4. The highest BCUT2D eigenvalue weighted by molar-refractivity contribution is 5.34. The summed E-state index contributed by atoms with van der Waals surface area (Å²) in [7, 11) is 3.28. The van der Waals surface area contributed by atoms with Gasteiger partial charge < -0.3 is 14.7 Å². The predicted molar refractivity (Wildman–Crippen MR) is 114 cm³/mol. The van der Waals surface area contributed by atoms with Crippen molar-refractivity contribution in [1.29, 1.82) is 0 Å². The van der Waals surface area contributed by atoms with Crippen LogP contribution in [0.1, 0.15) is 22.5 Å². The summed E-state index contributed by atoms with van der Waals surface area (Å²) in [5.41, 5.74) is 4.17. The average Bonchev–Trinajstić information content (AvgIpc) is 3.10. The molecule has 0 N–H and O–H groups in total. The van der Waals surface area contributed by atoms with Crippen molar-refractivity contribution < 1.29 is 14.3 Å². The molecule has 0 aliphatic carbocycles. The van der Waals surface area contributed by atoms with E-state index >= 15 is 0 Å². The van der Waals surface area contributed by atoms with Crippen molar-refractivity contribution in [3.05, 3.63) is 107 Å². The van der Waals surface area contributed by atoms with E-state index in [0.717, 1.165) is 38.9 Å². The lowest BCUT2D eigenvalue weighted by Gasteiger charge is -2.08. The fraction of sp³-hybridized carbons (Fsp3) is 0.167. The fourth-order valence-corrected chi connectivity index (χ4v) is 3.34. The number of methoxy groups -OCH3 is 2. The van der Waals surface area contributed by atoms with Gasteiger partial charge in [-0.25, -0.2) is 0 Å². The number of nitrogens with zero attached hydrogens (tertiary/aromatic N) is 3. The number of para-hydroxylation sites is 1. The molecule has 0 amide bonds. The van der Waals surface area contributed by atoms with Gasteiger partial charge in [-0.3, -0.25) is 0 Å². The number of benzene rings is 3. The molecule has 0 saturated carbocycles. The van der Waals surface area contributed by atoms with Gasteiger partial charge in [0.05, 0.1) is 14.2 Å². The van der Waals surface area contributed by atoms with Crippen molar-refractivity contribution >= 4 is 0 Å². The fourth-order valence-electron chi connectivity index (χ4n) is 3.34. The van der Waals surface area contributed by atoms with Crippen LogP contribution >= 0.6 is 0 Å². The van der Waals surface area contributed by atoms with Crippen molar-refractivity contribution in [3.63, 3.8) is 0 Å². The molecule has 0 aliphatic rings. The number of aromatic nitrogens is 3. The number of hydrogen-bond donors (Lipinski definition) is 0. The summed E-state index contributed by atoms with van der Waals surface area (Å²) in [6.07, 6.45) is 1.03. The summed E-state index contributed by atoms with van der Waals surface area (Å²) in [6, 6.07) is 25.0. The molecule has 0 fully saturated rings. The minimum atomic E-state index is 0.478. The lowest BCUT2D eigenvalue weighted by Crippen LogP contribution is -2.40. The zero-order valence-electron chi connectivity index (χ0n) is 17.0. The lowest BCUT2D eigenvalue weighted by molar-refractivity contribution is -0.695. The maximum Gasteiger partial charge on any atom is 0.227 e. The molecule has 152 valence electrons. The molecular formula is C24H23N3O3. The predicted octanol–water partition coefficient (Wildman–Crippen LogP) is 3.70. The van der Waals surface area contributed by atoms with Crippen LogP contribution in [-0.4, -0.2) is 24.1 Å². The average molecular weight is 401 g/mol. The Hall–Kier alpha value is -3.80. The van der Waals surface area contributed by atoms with Gasteiger partial charge in [-0.2, -0.15) is 0 Å². The molecule has 0 aliphatic heterocycles. The van der Waals surface area contributed by atoms with Crippen molar-refractivity contribution in [1.82, 2.24) is 9.90 Å². The Morgan fingerprint density at radius 1 is 0.767 bits per heavy atom. The van der Waals surface area contributed by atoms with Gasteiger partial charge in [-0.15, -0.1) is 4.85 Å². The van der Waals surface area contributed by atoms with Crippen molar-refractivity contribution in [3.8, 4) is 17.2 Å². The largest absolute Gasteiger partial charge is 0.692 e. The van der Waals surface area contributed by atoms with E-state index in [2.05, 4.69) is 5.10 Å². The van der Waals surface area contributed by atoms with Crippen molar-refractivity contribution in [2.24, 2.45) is 0 Å². The van der Waals surface area contributed by atoms with Gasteiger partial charge >= 0.3 is 0 Å². The van der Waals surface area contributed by atoms with Crippen molar-refractivity contribution in [2.75, 3.05) is 14.2 Å². The molecule has 6 nitrogen and oxygen atoms in total. The van der Waals surface area contributed by atoms with Gasteiger partial charge in [-0.1, -0.05) is 42.5 Å². The van der Waals surface area contributed by atoms with Crippen LogP contribution < -0.4 is 14.3 Å². The van der Waals surface area contributed by atoms with Crippen LogP contribution in [0.4, 0.5) is 0 Å². The van der Waals surface area contributed by atoms with E-state index in [9.17, 15) is 5.21 Å². The second-order valence-electron chi connectivity index (χ2n) is 6.94. The summed E-state index contributed by atoms with van der Waals surface area (Å²) in [6.45, 7) is 0. The van der Waals surface area contributed by atoms with Crippen LogP contribution in [-0.2, 0) is 12.8 Å². The van der Waals surface area contributed by atoms with Gasteiger partial charge in [0.2, 0.25) is 5.69 Å². The molecule has 6 heteroatoms. The maximum atomic E-state index is 13.2. The van der Waals surface area contributed by atoms with Crippen LogP contribution in [0.2, 0.25) is 0 Å². The number of rotatable bonds is 7. The first kappa shape index (κ1) is 19.5. The summed E-state index contributed by atoms with van der Waals surface area (Å²) >= 11 is 0. The Bertz CT molecular complexity index is 1110. The zero-order valence-corrected chi connectivity index (χ0v) is 17.0. The first-order valence-electron chi connectivity index (χ1n) is 9.70. The summed E-state index contributed by atoms with van der Waals surface area (Å²) in [4.78, 5) is 2.30. The van der Waals surface area contributed by atoms with E-state index in [1.807, 2.05) is 78.9 Å². The molecule has 4 rings (SSSR count). The van der Waals surface area contributed by atoms with Gasteiger partial charge in [0, 0.05) is 17.9 Å². The Kier molecular flexibility index (Phi) is 5.66. The van der Waals surface area contributed by atoms with Gasteiger partial charge in [0.15, 0.2) is 5.69 Å². The Morgan fingerprint density at radius 3 is 1.83 bits per heavy atom. The second kappa shape index (κ2) is 8.69. The number of ether oxygens (including phenoxy) is 2. The molecule has 0 saturated heterocycles. The third-order valence-corrected chi connectivity index (χ3v) is 5.00. The molecule has 0 atom stereocenters. The highest BCUT2D eigenvalue weighted by Crippen LogP contribution is 2.19. The molecule has 0 bridgehead atoms. The highest BCUT2D eigenvalue weighted by Gasteiger charge is 2.24. The van der Waals surface area contributed by atoms with E-state index in [4.69, 9.17) is 9.47 Å². The molecule has 3 aromatic carbocycles. The van der Waals surface area contributed by atoms with Gasteiger partial charge in [-0.05, 0) is 52.3 Å². The van der Waals surface area contributed by atoms with Crippen LogP contribution in [0.5, 0.6) is 11.5 Å². The summed E-state index contributed by atoms with van der Waals surface area (Å²) < 4.78 is 10.5. The van der Waals surface area contributed by atoms with Crippen molar-refractivity contribution in [2.45, 2.75) is 12.8 Å². The first-order valence-corrected chi connectivity index (χ1v) is 9.70. The summed E-state index contributed by atoms with van der Waals surface area (Å²) in [5, 5.41) is 17.8. The highest BCUT2D eigenvalue weighted by atomic mass is 16.5. The molecular weight excluding hydrogens is 378 g/mol. The molecule has 4 aromatic rings. The molecule has 0 unspecified atom stereocenters. The molecule has 1 aromatic heterocycles. The molecule has 30 heavy (non-hydrogen) atoms. The molecule has 0 radical (unpaired) electrons. The van der Waals surface area contributed by atoms with E-state index in [0.29, 0.717) is 18.5 Å². The van der Waals surface area contributed by atoms with E-state index in [1.54, 1.807) is 14.2 Å². The van der Waals surface area contributed by atoms with E-state index in [1.165, 1.54) is 4.80 Å². The standard InChI is InChI=1S/C24H23N3O3/c1-29-21-12-8-18(9-13-21)16-23-24(17-19-10-14-22(30-2)15-11-19)27(28)26(25-23)20-6-4-3-5-7-20/h3-15H,16-17H2,1-2H3. The zero-order chi connectivity index (χ0) is 20.9. The quantitative estimate of drug-likeness (QED) is 0.350. The maximum absolute atomic E-state index is 13.2. The Labute approximate surface area is 175 Å². The van der Waals surface area contributed by atoms with Gasteiger partial charge in [0.1, 0.15) is 17.2 Å². The van der Waals surface area contributed by atoms with Crippen LogP contribution in [0, 0.1) is 5.21 Å². The minimum absolute atomic E-state index is 0.478. The topological polar surface area (TPSA) is 63.2 Å². The van der Waals surface area contributed by atoms with Gasteiger partial charge in [0.25, 0.3) is 0 Å². The Balaban J connectivity index is 1.71. The third-order valence-electron chi connectivity index (χ3n) is 5.00. The second-order valence-corrected chi connectivity index (χ2v) is 6.94. The smallest absolute Gasteiger partial charge is 0.227 e. The Morgan fingerprint density at radius 2 is 1.30 bits per heavy atom. The van der Waals surface area contributed by atoms with E-state index in [-0.39, 0.29) is 0 Å². The minimum Gasteiger partial charge on any atom is -0.692 e. The summed E-state index contributed by atoms with van der Waals surface area (Å²) in [5.74, 6) is 1.58. The van der Waals surface area contributed by atoms with Crippen LogP contribution in [0.3, 0.4) is 0 Å². The monoisotopic (exact) mass is 401 g/mol. The normalized spacial score (nSPS) is 10.7. The van der Waals surface area contributed by atoms with E-state index < -0.39 is 0 Å². The van der Waals surface area contributed by atoms with Crippen LogP contribution in [0.15, 0.2) is 78.9 Å².